The Hall–Kier alpha value is -2.65. The number of H-pyrrole nitrogens is 2. The summed E-state index contributed by atoms with van der Waals surface area (Å²) in [6.45, 7) is 3.52. The van der Waals surface area contributed by atoms with Gasteiger partial charge >= 0.3 is 0 Å². The van der Waals surface area contributed by atoms with Crippen molar-refractivity contribution in [2.45, 2.75) is 51.1 Å². The van der Waals surface area contributed by atoms with E-state index in [1.165, 1.54) is 0 Å². The summed E-state index contributed by atoms with van der Waals surface area (Å²) < 4.78 is 6.16. The standard InChI is InChI=1S/C23H22Cl2N6O2/c1-11(21-16(24)7-26-8-17(21)25)33-14-2-3-18-15(6-14)22(30-29-18)23-27-19-9-31(10-20(19)28-23)12-4-13(32)5-12/h2-3,6-8,11-13,32H,4-5,9-10H2,1H3,(H,27,28)(H,29,30). The van der Waals surface area contributed by atoms with E-state index in [1.807, 2.05) is 25.1 Å². The Morgan fingerprint density at radius 2 is 1.97 bits per heavy atom. The summed E-state index contributed by atoms with van der Waals surface area (Å²) in [5.74, 6) is 1.42. The number of aliphatic hydroxyl groups excluding tert-OH is 1. The monoisotopic (exact) mass is 484 g/mol. The molecule has 6 rings (SSSR count). The van der Waals surface area contributed by atoms with Crippen LogP contribution >= 0.6 is 23.2 Å². The molecule has 0 saturated heterocycles. The first-order valence-electron chi connectivity index (χ1n) is 10.9. The summed E-state index contributed by atoms with van der Waals surface area (Å²) in [5, 5.41) is 19.0. The van der Waals surface area contributed by atoms with E-state index in [0.717, 1.165) is 59.7 Å². The van der Waals surface area contributed by atoms with Gasteiger partial charge in [-0.05, 0) is 38.0 Å². The molecule has 4 aromatic rings. The second-order valence-corrected chi connectivity index (χ2v) is 9.57. The number of aromatic amines is 2. The number of aromatic nitrogens is 5. The summed E-state index contributed by atoms with van der Waals surface area (Å²) >= 11 is 12.6. The molecule has 1 unspecified atom stereocenters. The summed E-state index contributed by atoms with van der Waals surface area (Å²) in [7, 11) is 0. The summed E-state index contributed by atoms with van der Waals surface area (Å²) in [6, 6.07) is 6.21. The molecule has 33 heavy (non-hydrogen) atoms. The van der Waals surface area contributed by atoms with Gasteiger partial charge in [0.15, 0.2) is 5.82 Å². The molecule has 3 aromatic heterocycles. The van der Waals surface area contributed by atoms with Gasteiger partial charge in [0.2, 0.25) is 0 Å². The van der Waals surface area contributed by atoms with Gasteiger partial charge in [-0.1, -0.05) is 23.2 Å². The second-order valence-electron chi connectivity index (χ2n) is 8.75. The molecule has 1 saturated carbocycles. The summed E-state index contributed by atoms with van der Waals surface area (Å²) in [4.78, 5) is 14.7. The maximum Gasteiger partial charge on any atom is 0.159 e. The van der Waals surface area contributed by atoms with Crippen molar-refractivity contribution in [3.63, 3.8) is 0 Å². The summed E-state index contributed by atoms with van der Waals surface area (Å²) in [5.41, 5.74) is 4.51. The first kappa shape index (κ1) is 20.9. The van der Waals surface area contributed by atoms with Crippen molar-refractivity contribution in [2.24, 2.45) is 0 Å². The molecule has 1 fully saturated rings. The number of ether oxygens (including phenoxy) is 1. The molecule has 0 radical (unpaired) electrons. The van der Waals surface area contributed by atoms with Gasteiger partial charge < -0.3 is 14.8 Å². The van der Waals surface area contributed by atoms with Crippen LogP contribution < -0.4 is 4.74 Å². The minimum absolute atomic E-state index is 0.155. The molecular weight excluding hydrogens is 463 g/mol. The molecule has 170 valence electrons. The van der Waals surface area contributed by atoms with Crippen molar-refractivity contribution >= 4 is 34.1 Å². The molecule has 0 bridgehead atoms. The van der Waals surface area contributed by atoms with Gasteiger partial charge in [0.1, 0.15) is 17.5 Å². The number of fused-ring (bicyclic) bond motifs is 2. The topological polar surface area (TPSA) is 103 Å². The van der Waals surface area contributed by atoms with Crippen LogP contribution in [0.3, 0.4) is 0 Å². The molecule has 8 nitrogen and oxygen atoms in total. The van der Waals surface area contributed by atoms with Crippen LogP contribution in [0.5, 0.6) is 5.75 Å². The molecule has 1 atom stereocenters. The van der Waals surface area contributed by atoms with Crippen LogP contribution in [-0.4, -0.2) is 47.3 Å². The highest BCUT2D eigenvalue weighted by molar-refractivity contribution is 6.35. The lowest BCUT2D eigenvalue weighted by Crippen LogP contribution is -2.44. The van der Waals surface area contributed by atoms with Crippen molar-refractivity contribution in [2.75, 3.05) is 0 Å². The first-order chi connectivity index (χ1) is 16.0. The molecule has 2 aliphatic rings. The van der Waals surface area contributed by atoms with Gasteiger partial charge in [0, 0.05) is 42.5 Å². The average Bonchev–Trinajstić information content (AvgIpc) is 3.43. The molecule has 10 heteroatoms. The van der Waals surface area contributed by atoms with Gasteiger partial charge in [-0.2, -0.15) is 5.10 Å². The van der Waals surface area contributed by atoms with Crippen LogP contribution in [0.1, 0.15) is 42.8 Å². The third kappa shape index (κ3) is 3.67. The predicted octanol–water partition coefficient (Wildman–Crippen LogP) is 4.63. The van der Waals surface area contributed by atoms with Crippen LogP contribution in [0.15, 0.2) is 30.6 Å². The Balaban J connectivity index is 1.25. The fraction of sp³-hybridized carbons (Fsp3) is 0.348. The van der Waals surface area contributed by atoms with Crippen molar-refractivity contribution in [1.82, 2.24) is 30.0 Å². The van der Waals surface area contributed by atoms with E-state index >= 15 is 0 Å². The molecule has 1 aliphatic carbocycles. The maximum atomic E-state index is 9.60. The number of nitrogens with zero attached hydrogens (tertiary/aromatic N) is 4. The molecule has 0 amide bonds. The molecule has 0 spiro atoms. The number of aliphatic hydroxyl groups is 1. The van der Waals surface area contributed by atoms with Crippen LogP contribution in [0.2, 0.25) is 10.0 Å². The Morgan fingerprint density at radius 3 is 2.70 bits per heavy atom. The van der Waals surface area contributed by atoms with E-state index in [4.69, 9.17) is 32.9 Å². The van der Waals surface area contributed by atoms with Gasteiger partial charge in [0.25, 0.3) is 0 Å². The number of rotatable bonds is 5. The minimum Gasteiger partial charge on any atom is -0.486 e. The average molecular weight is 485 g/mol. The number of hydrogen-bond acceptors (Lipinski definition) is 6. The number of nitrogens with one attached hydrogen (secondary N) is 2. The Bertz CT molecular complexity index is 1300. The lowest BCUT2D eigenvalue weighted by atomic mass is 9.88. The normalized spacial score (nSPS) is 21.2. The van der Waals surface area contributed by atoms with Crippen molar-refractivity contribution in [3.8, 4) is 17.3 Å². The maximum absolute atomic E-state index is 9.60. The highest BCUT2D eigenvalue weighted by Gasteiger charge is 2.36. The first-order valence-corrected chi connectivity index (χ1v) is 11.7. The third-order valence-corrected chi connectivity index (χ3v) is 7.15. The zero-order valence-corrected chi connectivity index (χ0v) is 19.4. The highest BCUT2D eigenvalue weighted by Crippen LogP contribution is 2.36. The van der Waals surface area contributed by atoms with Crippen LogP contribution in [0.25, 0.3) is 22.4 Å². The molecule has 4 heterocycles. The van der Waals surface area contributed by atoms with E-state index < -0.39 is 0 Å². The molecular formula is C23H22Cl2N6O2. The van der Waals surface area contributed by atoms with E-state index in [9.17, 15) is 5.11 Å². The lowest BCUT2D eigenvalue weighted by molar-refractivity contribution is -0.00104. The van der Waals surface area contributed by atoms with Crippen molar-refractivity contribution < 1.29 is 9.84 Å². The third-order valence-electron chi connectivity index (χ3n) is 6.55. The smallest absolute Gasteiger partial charge is 0.159 e. The zero-order chi connectivity index (χ0) is 22.7. The quantitative estimate of drug-likeness (QED) is 0.381. The number of pyridine rings is 1. The van der Waals surface area contributed by atoms with Crippen molar-refractivity contribution in [3.05, 3.63) is 57.6 Å². The van der Waals surface area contributed by atoms with Crippen molar-refractivity contribution in [1.29, 1.82) is 0 Å². The zero-order valence-electron chi connectivity index (χ0n) is 17.8. The van der Waals surface area contributed by atoms with E-state index in [2.05, 4.69) is 25.1 Å². The number of hydrogen-bond donors (Lipinski definition) is 3. The second kappa shape index (κ2) is 7.99. The van der Waals surface area contributed by atoms with E-state index in [0.29, 0.717) is 27.4 Å². The predicted molar refractivity (Wildman–Crippen MR) is 125 cm³/mol. The Labute approximate surface area is 199 Å². The SMILES string of the molecule is CC(Oc1ccc2[nH]nc(-c3nc4c([nH]3)CN(C3CC(O)C3)C4)c2c1)c1c(Cl)cncc1Cl. The molecule has 3 N–H and O–H groups in total. The lowest BCUT2D eigenvalue weighted by Gasteiger charge is -2.38. The number of imidazole rings is 1. The minimum atomic E-state index is -0.357. The number of benzene rings is 1. The van der Waals surface area contributed by atoms with Gasteiger partial charge in [0.05, 0.1) is 33.1 Å². The largest absolute Gasteiger partial charge is 0.486 e. The van der Waals surface area contributed by atoms with Crippen LogP contribution in [0, 0.1) is 0 Å². The fourth-order valence-corrected chi connectivity index (χ4v) is 5.38. The van der Waals surface area contributed by atoms with E-state index in [-0.39, 0.29) is 12.2 Å². The number of halogens is 2. The molecule has 1 aliphatic heterocycles. The van der Waals surface area contributed by atoms with Gasteiger partial charge in [-0.15, -0.1) is 0 Å². The molecule has 1 aromatic carbocycles. The van der Waals surface area contributed by atoms with Gasteiger partial charge in [-0.25, -0.2) is 4.98 Å². The fourth-order valence-electron chi connectivity index (χ4n) is 4.71. The Kier molecular flexibility index (Phi) is 5.06. The Morgan fingerprint density at radius 1 is 1.18 bits per heavy atom. The van der Waals surface area contributed by atoms with Gasteiger partial charge in [-0.3, -0.25) is 15.0 Å². The van der Waals surface area contributed by atoms with E-state index in [1.54, 1.807) is 12.4 Å². The highest BCUT2D eigenvalue weighted by atomic mass is 35.5. The van der Waals surface area contributed by atoms with Crippen LogP contribution in [0.4, 0.5) is 0 Å². The summed E-state index contributed by atoms with van der Waals surface area (Å²) in [6.07, 6.45) is 4.30. The van der Waals surface area contributed by atoms with Crippen LogP contribution in [-0.2, 0) is 13.1 Å².